The van der Waals surface area contributed by atoms with Crippen LogP contribution < -0.4 is 15.8 Å². The molecule has 20 heavy (non-hydrogen) atoms. The minimum atomic E-state index is 0. The molecule has 0 fully saturated rings. The number of rotatable bonds is 7. The number of nitrogens with one attached hydrogen (secondary N) is 1. The Labute approximate surface area is 138 Å². The topological polar surface area (TPSA) is 59.6 Å². The third kappa shape index (κ3) is 6.79. The van der Waals surface area contributed by atoms with Crippen molar-refractivity contribution in [2.45, 2.75) is 26.4 Å². The fourth-order valence-corrected chi connectivity index (χ4v) is 1.55. The molecule has 0 bridgehead atoms. The minimum absolute atomic E-state index is 0. The fraction of sp³-hybridized carbons (Fsp3) is 0.400. The predicted molar refractivity (Wildman–Crippen MR) is 96.0 cm³/mol. The van der Waals surface area contributed by atoms with E-state index in [-0.39, 0.29) is 30.1 Å². The molecule has 0 aliphatic rings. The first-order valence-corrected chi connectivity index (χ1v) is 6.54. The molecule has 0 aliphatic carbocycles. The summed E-state index contributed by atoms with van der Waals surface area (Å²) in [5.41, 5.74) is 6.85. The number of guanidine groups is 1. The largest absolute Gasteiger partial charge is 0.488 e. The number of benzene rings is 1. The van der Waals surface area contributed by atoms with Crippen LogP contribution in [0.4, 0.5) is 0 Å². The molecule has 1 atom stereocenters. The highest BCUT2D eigenvalue weighted by Gasteiger charge is 2.09. The maximum Gasteiger partial charge on any atom is 0.188 e. The molecule has 0 aromatic heterocycles. The Morgan fingerprint density at radius 1 is 1.50 bits per heavy atom. The van der Waals surface area contributed by atoms with Crippen molar-refractivity contribution in [3.05, 3.63) is 42.5 Å². The molecular formula is C15H24IN3O. The number of para-hydroxylation sites is 1. The van der Waals surface area contributed by atoms with Crippen LogP contribution in [-0.2, 0) is 0 Å². The summed E-state index contributed by atoms with van der Waals surface area (Å²) < 4.78 is 5.94. The highest BCUT2D eigenvalue weighted by atomic mass is 127. The molecule has 0 aliphatic heterocycles. The van der Waals surface area contributed by atoms with Gasteiger partial charge < -0.3 is 15.8 Å². The van der Waals surface area contributed by atoms with Crippen LogP contribution in [0.1, 0.15) is 18.9 Å². The Bertz CT molecular complexity index is 435. The predicted octanol–water partition coefficient (Wildman–Crippen LogP) is 2.86. The van der Waals surface area contributed by atoms with Crippen molar-refractivity contribution >= 4 is 29.9 Å². The van der Waals surface area contributed by atoms with Gasteiger partial charge in [-0.3, -0.25) is 0 Å². The Kier molecular flexibility index (Phi) is 9.88. The number of hydrogen-bond donors (Lipinski definition) is 2. The van der Waals surface area contributed by atoms with E-state index in [1.54, 1.807) is 6.08 Å². The van der Waals surface area contributed by atoms with Crippen molar-refractivity contribution in [3.63, 3.8) is 0 Å². The first kappa shape index (κ1) is 18.8. The van der Waals surface area contributed by atoms with E-state index >= 15 is 0 Å². The number of hydrogen-bond acceptors (Lipinski definition) is 2. The van der Waals surface area contributed by atoms with Crippen LogP contribution in [0.5, 0.6) is 5.75 Å². The summed E-state index contributed by atoms with van der Waals surface area (Å²) >= 11 is 0. The molecule has 3 N–H and O–H groups in total. The van der Waals surface area contributed by atoms with Gasteiger partial charge in [0.2, 0.25) is 0 Å². The van der Waals surface area contributed by atoms with Crippen molar-refractivity contribution in [2.75, 3.05) is 13.1 Å². The molecule has 0 radical (unpaired) electrons. The van der Waals surface area contributed by atoms with E-state index in [1.807, 2.05) is 31.2 Å². The SMILES string of the molecule is C=CCNC(N)=NCC(CC)Oc1ccccc1C.I. The summed E-state index contributed by atoms with van der Waals surface area (Å²) in [7, 11) is 0. The van der Waals surface area contributed by atoms with Gasteiger partial charge in [0.25, 0.3) is 0 Å². The summed E-state index contributed by atoms with van der Waals surface area (Å²) in [5, 5.41) is 2.94. The van der Waals surface area contributed by atoms with Crippen LogP contribution in [0.2, 0.25) is 0 Å². The van der Waals surface area contributed by atoms with E-state index in [0.29, 0.717) is 19.0 Å². The quantitative estimate of drug-likeness (QED) is 0.326. The van der Waals surface area contributed by atoms with E-state index < -0.39 is 0 Å². The highest BCUT2D eigenvalue weighted by Crippen LogP contribution is 2.18. The monoisotopic (exact) mass is 389 g/mol. The Balaban J connectivity index is 0.00000361. The van der Waals surface area contributed by atoms with Crippen molar-refractivity contribution < 1.29 is 4.74 Å². The Hall–Kier alpha value is -1.24. The van der Waals surface area contributed by atoms with Crippen LogP contribution in [0.3, 0.4) is 0 Å². The average Bonchev–Trinajstić information content (AvgIpc) is 2.43. The number of halogens is 1. The van der Waals surface area contributed by atoms with Gasteiger partial charge in [0.15, 0.2) is 5.96 Å². The molecule has 0 saturated carbocycles. The highest BCUT2D eigenvalue weighted by molar-refractivity contribution is 14.0. The zero-order valence-electron chi connectivity index (χ0n) is 12.1. The van der Waals surface area contributed by atoms with E-state index in [1.165, 1.54) is 0 Å². The number of aryl methyl sites for hydroxylation is 1. The minimum Gasteiger partial charge on any atom is -0.488 e. The molecule has 5 heteroatoms. The third-order valence-electron chi connectivity index (χ3n) is 2.74. The van der Waals surface area contributed by atoms with E-state index in [0.717, 1.165) is 17.7 Å². The second-order valence-corrected chi connectivity index (χ2v) is 4.31. The van der Waals surface area contributed by atoms with Crippen LogP contribution in [-0.4, -0.2) is 25.2 Å². The lowest BCUT2D eigenvalue weighted by Crippen LogP contribution is -2.33. The molecule has 112 valence electrons. The molecule has 0 heterocycles. The zero-order chi connectivity index (χ0) is 14.1. The van der Waals surface area contributed by atoms with Gasteiger partial charge in [0, 0.05) is 6.54 Å². The summed E-state index contributed by atoms with van der Waals surface area (Å²) in [6.07, 6.45) is 2.65. The second-order valence-electron chi connectivity index (χ2n) is 4.31. The Morgan fingerprint density at radius 2 is 2.20 bits per heavy atom. The van der Waals surface area contributed by atoms with Gasteiger partial charge in [0.1, 0.15) is 11.9 Å². The summed E-state index contributed by atoms with van der Waals surface area (Å²) in [5.74, 6) is 1.33. The molecule has 0 saturated heterocycles. The molecular weight excluding hydrogens is 365 g/mol. The van der Waals surface area contributed by atoms with E-state index in [4.69, 9.17) is 10.5 Å². The van der Waals surface area contributed by atoms with Gasteiger partial charge in [-0.1, -0.05) is 31.2 Å². The van der Waals surface area contributed by atoms with Crippen LogP contribution >= 0.6 is 24.0 Å². The molecule has 1 unspecified atom stereocenters. The van der Waals surface area contributed by atoms with Crippen LogP contribution in [0, 0.1) is 6.92 Å². The van der Waals surface area contributed by atoms with Gasteiger partial charge >= 0.3 is 0 Å². The first-order chi connectivity index (χ1) is 9.17. The standard InChI is InChI=1S/C15H23N3O.HI/c1-4-10-17-15(16)18-11-13(5-2)19-14-9-7-6-8-12(14)3;/h4,6-9,13H,1,5,10-11H2,2-3H3,(H3,16,17,18);1H. The van der Waals surface area contributed by atoms with Crippen LogP contribution in [0.25, 0.3) is 0 Å². The average molecular weight is 389 g/mol. The molecule has 0 amide bonds. The number of nitrogens with zero attached hydrogens (tertiary/aromatic N) is 1. The number of nitrogens with two attached hydrogens (primary N) is 1. The van der Waals surface area contributed by atoms with Crippen LogP contribution in [0.15, 0.2) is 41.9 Å². The second kappa shape index (κ2) is 10.5. The molecule has 4 nitrogen and oxygen atoms in total. The fourth-order valence-electron chi connectivity index (χ4n) is 1.55. The van der Waals surface area contributed by atoms with Crippen molar-refractivity contribution in [1.29, 1.82) is 0 Å². The van der Waals surface area contributed by atoms with E-state index in [2.05, 4.69) is 23.8 Å². The summed E-state index contributed by atoms with van der Waals surface area (Å²) in [6.45, 7) is 8.88. The lowest BCUT2D eigenvalue weighted by molar-refractivity contribution is 0.204. The van der Waals surface area contributed by atoms with Crippen molar-refractivity contribution in [1.82, 2.24) is 5.32 Å². The van der Waals surface area contributed by atoms with Gasteiger partial charge in [-0.25, -0.2) is 4.99 Å². The van der Waals surface area contributed by atoms with Crippen molar-refractivity contribution in [3.8, 4) is 5.75 Å². The molecule has 1 aromatic rings. The smallest absolute Gasteiger partial charge is 0.188 e. The zero-order valence-corrected chi connectivity index (χ0v) is 14.5. The molecule has 1 aromatic carbocycles. The van der Waals surface area contributed by atoms with Gasteiger partial charge in [-0.2, -0.15) is 0 Å². The normalized spacial score (nSPS) is 12.2. The maximum absolute atomic E-state index is 5.94. The van der Waals surface area contributed by atoms with Crippen molar-refractivity contribution in [2.24, 2.45) is 10.7 Å². The van der Waals surface area contributed by atoms with Gasteiger partial charge in [-0.05, 0) is 25.0 Å². The van der Waals surface area contributed by atoms with Gasteiger partial charge in [-0.15, -0.1) is 30.6 Å². The lowest BCUT2D eigenvalue weighted by atomic mass is 10.2. The molecule has 0 spiro atoms. The number of aliphatic imine (C=N–C) groups is 1. The van der Waals surface area contributed by atoms with Gasteiger partial charge in [0.05, 0.1) is 6.54 Å². The third-order valence-corrected chi connectivity index (χ3v) is 2.74. The molecule has 1 rings (SSSR count). The summed E-state index contributed by atoms with van der Waals surface area (Å²) in [6, 6.07) is 7.98. The maximum atomic E-state index is 5.94. The number of ether oxygens (including phenoxy) is 1. The van der Waals surface area contributed by atoms with E-state index in [9.17, 15) is 0 Å². The Morgan fingerprint density at radius 3 is 2.80 bits per heavy atom. The summed E-state index contributed by atoms with van der Waals surface area (Å²) in [4.78, 5) is 4.27. The lowest BCUT2D eigenvalue weighted by Gasteiger charge is -2.17. The first-order valence-electron chi connectivity index (χ1n) is 6.54.